The number of anilines is 3. The van der Waals surface area contributed by atoms with Gasteiger partial charge in [-0.25, -0.2) is 0 Å². The van der Waals surface area contributed by atoms with E-state index in [2.05, 4.69) is 41.4 Å². The number of piperidine rings is 2. The number of nitriles is 1. The van der Waals surface area contributed by atoms with E-state index in [-0.39, 0.29) is 6.61 Å². The minimum absolute atomic E-state index is 0.114. The van der Waals surface area contributed by atoms with Crippen molar-refractivity contribution in [1.82, 2.24) is 30.0 Å². The number of nitrogens with one attached hydrogen (secondary N) is 2. The molecule has 3 aromatic rings. The van der Waals surface area contributed by atoms with Gasteiger partial charge in [-0.2, -0.15) is 20.3 Å². The van der Waals surface area contributed by atoms with Crippen molar-refractivity contribution in [1.29, 1.82) is 5.26 Å². The molecule has 3 N–H and O–H groups in total. The van der Waals surface area contributed by atoms with Crippen LogP contribution < -0.4 is 15.0 Å². The van der Waals surface area contributed by atoms with Gasteiger partial charge in [-0.05, 0) is 37.3 Å². The summed E-state index contributed by atoms with van der Waals surface area (Å²) >= 11 is 0. The molecule has 5 heterocycles. The first-order chi connectivity index (χ1) is 17.6. The van der Waals surface area contributed by atoms with Gasteiger partial charge in [0.15, 0.2) is 5.82 Å². The Hall–Kier alpha value is -3.75. The predicted molar refractivity (Wildman–Crippen MR) is 134 cm³/mol. The second-order valence-corrected chi connectivity index (χ2v) is 9.50. The summed E-state index contributed by atoms with van der Waals surface area (Å²) in [6, 6.07) is 8.82. The van der Waals surface area contributed by atoms with Gasteiger partial charge in [0, 0.05) is 56.2 Å². The smallest absolute Gasteiger partial charge is 0.230 e. The average Bonchev–Trinajstić information content (AvgIpc) is 3.35. The number of fused-ring (bicyclic) bond motifs is 2. The molecule has 2 aliphatic rings. The number of aliphatic hydroxyl groups excluding tert-OH is 1. The highest BCUT2D eigenvalue weighted by atomic mass is 16.5. The Kier molecular flexibility index (Phi) is 6.97. The van der Waals surface area contributed by atoms with Gasteiger partial charge < -0.3 is 20.1 Å². The molecule has 0 spiro atoms. The Morgan fingerprint density at radius 1 is 1.19 bits per heavy atom. The summed E-state index contributed by atoms with van der Waals surface area (Å²) in [4.78, 5) is 18.4. The van der Waals surface area contributed by atoms with Crippen LogP contribution in [0.5, 0.6) is 5.88 Å². The highest BCUT2D eigenvalue weighted by Crippen LogP contribution is 2.37. The van der Waals surface area contributed by atoms with Gasteiger partial charge in [0.05, 0.1) is 25.0 Å². The van der Waals surface area contributed by atoms with Crippen molar-refractivity contribution in [2.24, 2.45) is 0 Å². The van der Waals surface area contributed by atoms with Crippen molar-refractivity contribution < 1.29 is 9.84 Å². The highest BCUT2D eigenvalue weighted by Gasteiger charge is 2.40. The number of ether oxygens (including phenoxy) is 1. The van der Waals surface area contributed by atoms with Gasteiger partial charge >= 0.3 is 0 Å². The fraction of sp³-hybridized carbons (Fsp3) is 0.480. The standard InChI is InChI=1S/C25H31N9O2/c1-33(25-29-22(10-24(30-25)36-2)28-23-7-18(15-35)31-32-23)21-8-19-4-3-5-20(9-21)34(19)14-17-6-16(11-26)12-27-13-17/h6-7,10,12-13,19-21,35H,3-5,8-9,14-15H2,1-2H3,(H2,28,29,30,31,32)/t19-,20+,21+. The molecule has 0 aromatic carbocycles. The fourth-order valence-corrected chi connectivity index (χ4v) is 5.41. The number of hydrogen-bond donors (Lipinski definition) is 3. The van der Waals surface area contributed by atoms with Crippen LogP contribution in [0, 0.1) is 11.3 Å². The Bertz CT molecular complexity index is 1230. The lowest BCUT2D eigenvalue weighted by molar-refractivity contribution is 0.0234. The molecule has 2 saturated heterocycles. The quantitative estimate of drug-likeness (QED) is 0.433. The summed E-state index contributed by atoms with van der Waals surface area (Å²) in [5.41, 5.74) is 2.31. The van der Waals surface area contributed by atoms with Gasteiger partial charge in [0.25, 0.3) is 0 Å². The van der Waals surface area contributed by atoms with Gasteiger partial charge in [-0.15, -0.1) is 0 Å². The maximum absolute atomic E-state index is 9.28. The van der Waals surface area contributed by atoms with E-state index in [1.807, 2.05) is 19.3 Å². The van der Waals surface area contributed by atoms with E-state index in [0.29, 0.717) is 52.8 Å². The minimum Gasteiger partial charge on any atom is -0.481 e. The summed E-state index contributed by atoms with van der Waals surface area (Å²) in [6.07, 6.45) is 9.06. The Labute approximate surface area is 210 Å². The molecule has 3 atom stereocenters. The van der Waals surface area contributed by atoms with E-state index in [1.165, 1.54) is 6.42 Å². The number of nitrogens with zero attached hydrogens (tertiary/aromatic N) is 7. The lowest BCUT2D eigenvalue weighted by atomic mass is 9.81. The van der Waals surface area contributed by atoms with E-state index in [9.17, 15) is 10.4 Å². The predicted octanol–water partition coefficient (Wildman–Crippen LogP) is 2.73. The normalized spacial score (nSPS) is 21.6. The maximum Gasteiger partial charge on any atom is 0.230 e. The number of aliphatic hydroxyl groups is 1. The van der Waals surface area contributed by atoms with Crippen LogP contribution in [-0.4, -0.2) is 67.4 Å². The molecule has 5 rings (SSSR count). The molecule has 0 aliphatic carbocycles. The summed E-state index contributed by atoms with van der Waals surface area (Å²) in [5, 5.41) is 28.6. The van der Waals surface area contributed by atoms with Crippen LogP contribution in [0.15, 0.2) is 30.6 Å². The lowest BCUT2D eigenvalue weighted by Crippen LogP contribution is -2.56. The number of methoxy groups -OCH3 is 1. The van der Waals surface area contributed by atoms with Crippen LogP contribution >= 0.6 is 0 Å². The monoisotopic (exact) mass is 489 g/mol. The Morgan fingerprint density at radius 2 is 2.00 bits per heavy atom. The molecule has 3 aromatic heterocycles. The first-order valence-electron chi connectivity index (χ1n) is 12.2. The molecule has 0 amide bonds. The number of rotatable bonds is 8. The molecular formula is C25H31N9O2. The third-order valence-corrected chi connectivity index (χ3v) is 7.21. The van der Waals surface area contributed by atoms with Gasteiger partial charge in [-0.1, -0.05) is 6.42 Å². The molecule has 0 radical (unpaired) electrons. The fourth-order valence-electron chi connectivity index (χ4n) is 5.41. The van der Waals surface area contributed by atoms with E-state index in [4.69, 9.17) is 9.72 Å². The maximum atomic E-state index is 9.28. The highest BCUT2D eigenvalue weighted by molar-refractivity contribution is 5.55. The van der Waals surface area contributed by atoms with Crippen molar-refractivity contribution in [3.05, 3.63) is 47.4 Å². The third kappa shape index (κ3) is 5.10. The largest absolute Gasteiger partial charge is 0.481 e. The van der Waals surface area contributed by atoms with Crippen molar-refractivity contribution in [2.45, 2.75) is 63.4 Å². The zero-order valence-electron chi connectivity index (χ0n) is 20.6. The van der Waals surface area contributed by atoms with E-state index < -0.39 is 0 Å². The van der Waals surface area contributed by atoms with Crippen LogP contribution in [0.2, 0.25) is 0 Å². The zero-order valence-corrected chi connectivity index (χ0v) is 20.6. The second kappa shape index (κ2) is 10.5. The molecular weight excluding hydrogens is 458 g/mol. The molecule has 188 valence electrons. The molecule has 2 aliphatic heterocycles. The first-order valence-corrected chi connectivity index (χ1v) is 12.2. The van der Waals surface area contributed by atoms with Crippen LogP contribution in [0.25, 0.3) is 0 Å². The number of H-pyrrole nitrogens is 1. The molecule has 36 heavy (non-hydrogen) atoms. The molecule has 2 bridgehead atoms. The van der Waals surface area contributed by atoms with E-state index in [0.717, 1.165) is 37.8 Å². The van der Waals surface area contributed by atoms with Crippen LogP contribution in [-0.2, 0) is 13.2 Å². The second-order valence-electron chi connectivity index (χ2n) is 9.50. The van der Waals surface area contributed by atoms with Crippen LogP contribution in [0.1, 0.15) is 48.9 Å². The van der Waals surface area contributed by atoms with Crippen LogP contribution in [0.4, 0.5) is 17.6 Å². The lowest BCUT2D eigenvalue weighted by Gasteiger charge is -2.50. The third-order valence-electron chi connectivity index (χ3n) is 7.21. The number of aromatic amines is 1. The first kappa shape index (κ1) is 24.0. The summed E-state index contributed by atoms with van der Waals surface area (Å²) in [5.74, 6) is 2.19. The topological polar surface area (TPSA) is 139 Å². The van der Waals surface area contributed by atoms with Gasteiger partial charge in [0.2, 0.25) is 11.8 Å². The van der Waals surface area contributed by atoms with E-state index >= 15 is 0 Å². The molecule has 11 heteroatoms. The van der Waals surface area contributed by atoms with Crippen molar-refractivity contribution in [3.63, 3.8) is 0 Å². The van der Waals surface area contributed by atoms with Gasteiger partial charge in [0.1, 0.15) is 11.9 Å². The zero-order chi connectivity index (χ0) is 25.1. The van der Waals surface area contributed by atoms with Gasteiger partial charge in [-0.3, -0.25) is 15.0 Å². The molecule has 11 nitrogen and oxygen atoms in total. The SMILES string of the molecule is COc1cc(Nc2cc(CO)[nH]n2)nc(N(C)[C@H]2C[C@H]3CCC[C@@H](C2)N3Cc2cncc(C#N)c2)n1. The molecule has 0 saturated carbocycles. The molecule has 2 fully saturated rings. The van der Waals surface area contributed by atoms with E-state index in [1.54, 1.807) is 25.4 Å². The summed E-state index contributed by atoms with van der Waals surface area (Å²) in [6.45, 7) is 0.703. The number of hydrogen-bond acceptors (Lipinski definition) is 10. The Balaban J connectivity index is 1.32. The van der Waals surface area contributed by atoms with Crippen molar-refractivity contribution in [2.75, 3.05) is 24.4 Å². The Morgan fingerprint density at radius 3 is 2.69 bits per heavy atom. The average molecular weight is 490 g/mol. The summed E-state index contributed by atoms with van der Waals surface area (Å²) < 4.78 is 5.45. The minimum atomic E-state index is -0.114. The van der Waals surface area contributed by atoms with Crippen LogP contribution in [0.3, 0.4) is 0 Å². The molecule has 0 unspecified atom stereocenters. The van der Waals surface area contributed by atoms with Crippen molar-refractivity contribution in [3.8, 4) is 11.9 Å². The number of aromatic nitrogens is 5. The summed E-state index contributed by atoms with van der Waals surface area (Å²) in [7, 11) is 3.64. The number of pyridine rings is 1. The van der Waals surface area contributed by atoms with Crippen molar-refractivity contribution >= 4 is 17.6 Å².